The van der Waals surface area contributed by atoms with Gasteiger partial charge in [0.1, 0.15) is 24.2 Å². The van der Waals surface area contributed by atoms with E-state index in [1.54, 1.807) is 13.8 Å². The summed E-state index contributed by atoms with van der Waals surface area (Å²) < 4.78 is 0. The van der Waals surface area contributed by atoms with Crippen LogP contribution in [-0.4, -0.2) is 87.0 Å². The molecule has 178 valence electrons. The second kappa shape index (κ2) is 13.5. The van der Waals surface area contributed by atoms with Gasteiger partial charge in [-0.15, -0.1) is 0 Å². The number of nitrogens with one attached hydrogen (secondary N) is 3. The van der Waals surface area contributed by atoms with E-state index in [0.717, 1.165) is 0 Å². The molecule has 0 saturated carbocycles. The molecule has 0 aliphatic carbocycles. The predicted molar refractivity (Wildman–Crippen MR) is 106 cm³/mol. The van der Waals surface area contributed by atoms with E-state index in [0.29, 0.717) is 0 Å². The number of rotatable bonds is 14. The van der Waals surface area contributed by atoms with Crippen molar-refractivity contribution in [1.82, 2.24) is 16.0 Å². The van der Waals surface area contributed by atoms with Gasteiger partial charge >= 0.3 is 11.9 Å². The summed E-state index contributed by atoms with van der Waals surface area (Å²) in [6.07, 6.45) is -1.90. The minimum atomic E-state index is -1.65. The molecule has 0 aliphatic rings. The standard InChI is InChI=1S/C18H32N4O9/c1-8(2)6-11(21-17(29)14(19)9(3)24)16(28)20-10(4-5-13(25)26)15(27)22-12(7-23)18(30)31/h8-12,14,23-24H,4-7,19H2,1-3H3,(H,20,28)(H,21,29)(H,22,27)(H,25,26)(H,30,31). The van der Waals surface area contributed by atoms with Gasteiger partial charge in [0.25, 0.3) is 0 Å². The van der Waals surface area contributed by atoms with Gasteiger partial charge < -0.3 is 42.1 Å². The highest BCUT2D eigenvalue weighted by molar-refractivity contribution is 5.94. The minimum absolute atomic E-state index is 0.0732. The number of aliphatic hydroxyl groups is 2. The van der Waals surface area contributed by atoms with E-state index in [-0.39, 0.29) is 18.8 Å². The van der Waals surface area contributed by atoms with Crippen LogP contribution in [0.3, 0.4) is 0 Å². The third-order valence-electron chi connectivity index (χ3n) is 4.24. The minimum Gasteiger partial charge on any atom is -0.481 e. The molecule has 5 unspecified atom stereocenters. The third-order valence-corrected chi connectivity index (χ3v) is 4.24. The van der Waals surface area contributed by atoms with Gasteiger partial charge in [0.05, 0.1) is 12.7 Å². The molecule has 0 heterocycles. The average Bonchev–Trinajstić information content (AvgIpc) is 2.66. The number of carboxylic acid groups (broad SMARTS) is 2. The molecule has 0 saturated heterocycles. The molecule has 0 radical (unpaired) electrons. The average molecular weight is 448 g/mol. The largest absolute Gasteiger partial charge is 0.481 e. The molecule has 9 N–H and O–H groups in total. The lowest BCUT2D eigenvalue weighted by molar-refractivity contribution is -0.144. The quantitative estimate of drug-likeness (QED) is 0.135. The molecule has 0 spiro atoms. The van der Waals surface area contributed by atoms with Crippen molar-refractivity contribution < 1.29 is 44.4 Å². The second-order valence-corrected chi connectivity index (χ2v) is 7.53. The summed E-state index contributed by atoms with van der Waals surface area (Å²) in [7, 11) is 0. The number of carboxylic acids is 2. The van der Waals surface area contributed by atoms with E-state index in [1.165, 1.54) is 6.92 Å². The molecule has 0 aliphatic heterocycles. The Morgan fingerprint density at radius 3 is 1.74 bits per heavy atom. The van der Waals surface area contributed by atoms with Gasteiger partial charge in [-0.3, -0.25) is 19.2 Å². The summed E-state index contributed by atoms with van der Waals surface area (Å²) in [6.45, 7) is 3.93. The monoisotopic (exact) mass is 448 g/mol. The second-order valence-electron chi connectivity index (χ2n) is 7.53. The van der Waals surface area contributed by atoms with Crippen LogP contribution < -0.4 is 21.7 Å². The zero-order valence-electron chi connectivity index (χ0n) is 17.7. The lowest BCUT2D eigenvalue weighted by Crippen LogP contribution is -2.58. The summed E-state index contributed by atoms with van der Waals surface area (Å²) in [6, 6.07) is -5.53. The van der Waals surface area contributed by atoms with Crippen LogP contribution in [0.5, 0.6) is 0 Å². The van der Waals surface area contributed by atoms with Crippen molar-refractivity contribution in [2.75, 3.05) is 6.61 Å². The highest BCUT2D eigenvalue weighted by Crippen LogP contribution is 2.08. The smallest absolute Gasteiger partial charge is 0.328 e. The molecule has 0 aromatic heterocycles. The van der Waals surface area contributed by atoms with Crippen molar-refractivity contribution in [3.8, 4) is 0 Å². The highest BCUT2D eigenvalue weighted by Gasteiger charge is 2.31. The first kappa shape index (κ1) is 28.2. The first-order valence-corrected chi connectivity index (χ1v) is 9.70. The van der Waals surface area contributed by atoms with Crippen molar-refractivity contribution >= 4 is 29.7 Å². The Bertz CT molecular complexity index is 654. The number of aliphatic hydroxyl groups excluding tert-OH is 2. The van der Waals surface area contributed by atoms with Crippen LogP contribution in [0.4, 0.5) is 0 Å². The summed E-state index contributed by atoms with van der Waals surface area (Å²) in [5.74, 6) is -5.47. The lowest BCUT2D eigenvalue weighted by atomic mass is 10.0. The number of carbonyl (C=O) groups excluding carboxylic acids is 3. The van der Waals surface area contributed by atoms with Crippen molar-refractivity contribution in [1.29, 1.82) is 0 Å². The zero-order chi connectivity index (χ0) is 24.3. The summed E-state index contributed by atoms with van der Waals surface area (Å²) in [5, 5.41) is 43.1. The fourth-order valence-electron chi connectivity index (χ4n) is 2.46. The van der Waals surface area contributed by atoms with E-state index < -0.39 is 73.0 Å². The van der Waals surface area contributed by atoms with Crippen molar-refractivity contribution in [3.63, 3.8) is 0 Å². The van der Waals surface area contributed by atoms with E-state index in [1.807, 2.05) is 5.32 Å². The molecule has 13 heteroatoms. The van der Waals surface area contributed by atoms with Gasteiger partial charge in [-0.2, -0.15) is 0 Å². The van der Waals surface area contributed by atoms with Gasteiger partial charge in [0.2, 0.25) is 17.7 Å². The number of amides is 3. The number of carbonyl (C=O) groups is 5. The zero-order valence-corrected chi connectivity index (χ0v) is 17.7. The van der Waals surface area contributed by atoms with Crippen molar-refractivity contribution in [2.24, 2.45) is 11.7 Å². The molecule has 0 aromatic rings. The first-order valence-electron chi connectivity index (χ1n) is 9.70. The first-order chi connectivity index (χ1) is 14.3. The predicted octanol–water partition coefficient (Wildman–Crippen LogP) is -2.86. The van der Waals surface area contributed by atoms with E-state index in [4.69, 9.17) is 21.1 Å². The fourth-order valence-corrected chi connectivity index (χ4v) is 2.46. The van der Waals surface area contributed by atoms with Crippen LogP contribution in [0.25, 0.3) is 0 Å². The molecule has 31 heavy (non-hydrogen) atoms. The van der Waals surface area contributed by atoms with Gasteiger partial charge in [-0.05, 0) is 25.7 Å². The van der Waals surface area contributed by atoms with E-state index in [2.05, 4.69) is 10.6 Å². The van der Waals surface area contributed by atoms with Crippen LogP contribution in [0, 0.1) is 5.92 Å². The Labute approximate surface area is 179 Å². The maximum Gasteiger partial charge on any atom is 0.328 e. The third kappa shape index (κ3) is 10.7. The Hall–Kier alpha value is -2.77. The summed E-state index contributed by atoms with van der Waals surface area (Å²) in [5.41, 5.74) is 5.57. The van der Waals surface area contributed by atoms with Crippen molar-refractivity contribution in [2.45, 2.75) is 70.3 Å². The van der Waals surface area contributed by atoms with Gasteiger partial charge in [0, 0.05) is 6.42 Å². The number of aliphatic carboxylic acids is 2. The molecular weight excluding hydrogens is 416 g/mol. The van der Waals surface area contributed by atoms with Crippen LogP contribution in [-0.2, 0) is 24.0 Å². The van der Waals surface area contributed by atoms with E-state index in [9.17, 15) is 29.1 Å². The van der Waals surface area contributed by atoms with Gasteiger partial charge in [-0.25, -0.2) is 4.79 Å². The van der Waals surface area contributed by atoms with Crippen molar-refractivity contribution in [3.05, 3.63) is 0 Å². The molecule has 13 nitrogen and oxygen atoms in total. The molecule has 0 rings (SSSR count). The SMILES string of the molecule is CC(C)CC(NC(=O)C(N)C(C)O)C(=O)NC(CCC(=O)O)C(=O)NC(CO)C(=O)O. The summed E-state index contributed by atoms with van der Waals surface area (Å²) >= 11 is 0. The molecule has 0 fully saturated rings. The number of hydrogen-bond donors (Lipinski definition) is 8. The molecule has 0 bridgehead atoms. The molecule has 5 atom stereocenters. The van der Waals surface area contributed by atoms with Crippen LogP contribution in [0.2, 0.25) is 0 Å². The maximum atomic E-state index is 12.7. The van der Waals surface area contributed by atoms with E-state index >= 15 is 0 Å². The number of hydrogen-bond acceptors (Lipinski definition) is 8. The lowest BCUT2D eigenvalue weighted by Gasteiger charge is -2.26. The fraction of sp³-hybridized carbons (Fsp3) is 0.722. The summed E-state index contributed by atoms with van der Waals surface area (Å²) in [4.78, 5) is 59.2. The van der Waals surface area contributed by atoms with Crippen LogP contribution >= 0.6 is 0 Å². The Morgan fingerprint density at radius 1 is 0.839 bits per heavy atom. The number of nitrogens with two attached hydrogens (primary N) is 1. The Kier molecular flexibility index (Phi) is 12.3. The Balaban J connectivity index is 5.49. The van der Waals surface area contributed by atoms with Gasteiger partial charge in [0.15, 0.2) is 0 Å². The topological polar surface area (TPSA) is 228 Å². The molecule has 3 amide bonds. The van der Waals surface area contributed by atoms with Gasteiger partial charge in [-0.1, -0.05) is 13.8 Å². The normalized spacial score (nSPS) is 15.8. The molecular formula is C18H32N4O9. The highest BCUT2D eigenvalue weighted by atomic mass is 16.4. The Morgan fingerprint density at radius 2 is 1.32 bits per heavy atom. The maximum absolute atomic E-state index is 12.7. The molecule has 0 aromatic carbocycles. The van der Waals surface area contributed by atoms with Crippen LogP contribution in [0.15, 0.2) is 0 Å². The van der Waals surface area contributed by atoms with Crippen LogP contribution in [0.1, 0.15) is 40.0 Å².